The summed E-state index contributed by atoms with van der Waals surface area (Å²) in [6.07, 6.45) is 0. The molecule has 0 spiro atoms. The van der Waals surface area contributed by atoms with Crippen molar-refractivity contribution in [2.45, 2.75) is 0 Å². The number of carbonyl (C=O) groups is 1. The smallest absolute Gasteiger partial charge is 0.357 e. The summed E-state index contributed by atoms with van der Waals surface area (Å²) in [5.74, 6) is -1.12. The van der Waals surface area contributed by atoms with E-state index in [-0.39, 0.29) is 10.7 Å². The molecule has 4 nitrogen and oxygen atoms in total. The van der Waals surface area contributed by atoms with Crippen molar-refractivity contribution in [3.05, 3.63) is 27.9 Å². The molecule has 0 aliphatic rings. The molecule has 1 aromatic carbocycles. The fourth-order valence-electron chi connectivity index (χ4n) is 1.23. The third-order valence-electron chi connectivity index (χ3n) is 1.78. The number of H-pyrrole nitrogens is 1. The van der Waals surface area contributed by atoms with Crippen LogP contribution in [-0.4, -0.2) is 21.3 Å². The maximum Gasteiger partial charge on any atom is 0.357 e. The third kappa shape index (κ3) is 1.32. The first kappa shape index (κ1) is 9.30. The van der Waals surface area contributed by atoms with Gasteiger partial charge in [0, 0.05) is 5.02 Å². The third-order valence-corrected chi connectivity index (χ3v) is 2.30. The van der Waals surface area contributed by atoms with Crippen LogP contribution in [0.25, 0.3) is 10.9 Å². The average Bonchev–Trinajstić information content (AvgIpc) is 2.47. The lowest BCUT2D eigenvalue weighted by molar-refractivity contribution is 0.0692. The molecule has 0 aliphatic heterocycles. The van der Waals surface area contributed by atoms with Gasteiger partial charge in [0.2, 0.25) is 0 Å². The first-order valence-corrected chi connectivity index (χ1v) is 4.41. The SMILES string of the molecule is O=C(O)c1n[nH]c2cc(Cl)cc(Cl)c12. The minimum Gasteiger partial charge on any atom is -0.476 e. The Kier molecular flexibility index (Phi) is 2.09. The highest BCUT2D eigenvalue weighted by atomic mass is 35.5. The van der Waals surface area contributed by atoms with Crippen LogP contribution in [0.1, 0.15) is 10.5 Å². The van der Waals surface area contributed by atoms with Crippen molar-refractivity contribution in [2.75, 3.05) is 0 Å². The predicted molar refractivity (Wildman–Crippen MR) is 53.1 cm³/mol. The Labute approximate surface area is 88.4 Å². The van der Waals surface area contributed by atoms with E-state index in [1.165, 1.54) is 6.07 Å². The number of halogens is 2. The molecule has 0 aliphatic carbocycles. The Balaban J connectivity index is 2.85. The molecule has 0 saturated heterocycles. The number of rotatable bonds is 1. The average molecular weight is 231 g/mol. The molecule has 0 radical (unpaired) electrons. The van der Waals surface area contributed by atoms with Gasteiger partial charge in [0.15, 0.2) is 5.69 Å². The number of nitrogens with one attached hydrogen (secondary N) is 1. The Morgan fingerprint density at radius 3 is 2.79 bits per heavy atom. The number of carboxylic acids is 1. The van der Waals surface area contributed by atoms with Gasteiger partial charge in [-0.1, -0.05) is 23.2 Å². The predicted octanol–water partition coefficient (Wildman–Crippen LogP) is 2.57. The fraction of sp³-hybridized carbons (Fsp3) is 0. The van der Waals surface area contributed by atoms with Crippen LogP contribution in [-0.2, 0) is 0 Å². The van der Waals surface area contributed by atoms with Gasteiger partial charge in [0.25, 0.3) is 0 Å². The normalized spacial score (nSPS) is 10.7. The van der Waals surface area contributed by atoms with Gasteiger partial charge in [0.1, 0.15) is 0 Å². The van der Waals surface area contributed by atoms with E-state index in [2.05, 4.69) is 10.2 Å². The number of hydrogen-bond acceptors (Lipinski definition) is 2. The topological polar surface area (TPSA) is 66.0 Å². The summed E-state index contributed by atoms with van der Waals surface area (Å²) in [6.45, 7) is 0. The van der Waals surface area contributed by atoms with E-state index >= 15 is 0 Å². The minimum absolute atomic E-state index is 0.0957. The fourth-order valence-corrected chi connectivity index (χ4v) is 1.81. The minimum atomic E-state index is -1.12. The Hall–Kier alpha value is -1.26. The van der Waals surface area contributed by atoms with Crippen molar-refractivity contribution in [3.63, 3.8) is 0 Å². The van der Waals surface area contributed by atoms with E-state index in [4.69, 9.17) is 28.3 Å². The molecule has 2 aromatic rings. The van der Waals surface area contributed by atoms with Gasteiger partial charge in [0.05, 0.1) is 15.9 Å². The molecule has 0 bridgehead atoms. The summed E-state index contributed by atoms with van der Waals surface area (Å²) in [6, 6.07) is 3.05. The number of aromatic nitrogens is 2. The monoisotopic (exact) mass is 230 g/mol. The van der Waals surface area contributed by atoms with Crippen LogP contribution in [0.2, 0.25) is 10.0 Å². The van der Waals surface area contributed by atoms with Crippen LogP contribution >= 0.6 is 23.2 Å². The van der Waals surface area contributed by atoms with Gasteiger partial charge in [-0.2, -0.15) is 5.10 Å². The molecular formula is C8H4Cl2N2O2. The number of hydrogen-bond donors (Lipinski definition) is 2. The Bertz CT molecular complexity index is 521. The Morgan fingerprint density at radius 1 is 1.43 bits per heavy atom. The van der Waals surface area contributed by atoms with E-state index in [1.54, 1.807) is 6.07 Å². The lowest BCUT2D eigenvalue weighted by Crippen LogP contribution is -1.96. The summed E-state index contributed by atoms with van der Waals surface area (Å²) in [4.78, 5) is 10.7. The van der Waals surface area contributed by atoms with E-state index in [0.29, 0.717) is 15.9 Å². The highest BCUT2D eigenvalue weighted by molar-refractivity contribution is 6.39. The zero-order valence-electron chi connectivity index (χ0n) is 6.71. The molecule has 0 unspecified atom stereocenters. The summed E-state index contributed by atoms with van der Waals surface area (Å²) in [7, 11) is 0. The van der Waals surface area contributed by atoms with Crippen molar-refractivity contribution in [1.82, 2.24) is 10.2 Å². The van der Waals surface area contributed by atoms with Gasteiger partial charge >= 0.3 is 5.97 Å². The van der Waals surface area contributed by atoms with Crippen molar-refractivity contribution in [1.29, 1.82) is 0 Å². The summed E-state index contributed by atoms with van der Waals surface area (Å²) in [5, 5.41) is 16.1. The van der Waals surface area contributed by atoms with Gasteiger partial charge < -0.3 is 5.11 Å². The first-order chi connectivity index (χ1) is 6.59. The van der Waals surface area contributed by atoms with Crippen LogP contribution in [0.5, 0.6) is 0 Å². The van der Waals surface area contributed by atoms with Gasteiger partial charge in [-0.3, -0.25) is 5.10 Å². The van der Waals surface area contributed by atoms with Crippen molar-refractivity contribution in [2.24, 2.45) is 0 Å². The maximum absolute atomic E-state index is 10.7. The maximum atomic E-state index is 10.7. The molecule has 2 rings (SSSR count). The van der Waals surface area contributed by atoms with Crippen molar-refractivity contribution >= 4 is 40.1 Å². The molecule has 2 N–H and O–H groups in total. The van der Waals surface area contributed by atoms with E-state index in [9.17, 15) is 4.79 Å². The molecule has 0 amide bonds. The van der Waals surface area contributed by atoms with Crippen LogP contribution in [0, 0.1) is 0 Å². The number of aromatic amines is 1. The first-order valence-electron chi connectivity index (χ1n) is 3.66. The number of benzene rings is 1. The highest BCUT2D eigenvalue weighted by Crippen LogP contribution is 2.28. The second-order valence-electron chi connectivity index (χ2n) is 2.69. The van der Waals surface area contributed by atoms with Crippen LogP contribution < -0.4 is 0 Å². The second-order valence-corrected chi connectivity index (χ2v) is 3.53. The lowest BCUT2D eigenvalue weighted by atomic mass is 10.2. The zero-order valence-corrected chi connectivity index (χ0v) is 8.23. The highest BCUT2D eigenvalue weighted by Gasteiger charge is 2.15. The van der Waals surface area contributed by atoms with Gasteiger partial charge in [-0.15, -0.1) is 0 Å². The summed E-state index contributed by atoms with van der Waals surface area (Å²) >= 11 is 11.6. The van der Waals surface area contributed by atoms with Crippen LogP contribution in [0.3, 0.4) is 0 Å². The summed E-state index contributed by atoms with van der Waals surface area (Å²) in [5.41, 5.74) is 0.418. The molecule has 14 heavy (non-hydrogen) atoms. The van der Waals surface area contributed by atoms with E-state index in [0.717, 1.165) is 0 Å². The van der Waals surface area contributed by atoms with E-state index in [1.807, 2.05) is 0 Å². The van der Waals surface area contributed by atoms with Gasteiger partial charge in [-0.25, -0.2) is 4.79 Å². The second kappa shape index (κ2) is 3.15. The number of nitrogens with zero attached hydrogens (tertiary/aromatic N) is 1. The Morgan fingerprint density at radius 2 is 2.14 bits per heavy atom. The van der Waals surface area contributed by atoms with Crippen LogP contribution in [0.15, 0.2) is 12.1 Å². The summed E-state index contributed by atoms with van der Waals surface area (Å²) < 4.78 is 0. The molecule has 72 valence electrons. The molecule has 1 aromatic heterocycles. The largest absolute Gasteiger partial charge is 0.476 e. The number of fused-ring (bicyclic) bond motifs is 1. The molecule has 0 atom stereocenters. The molecule has 1 heterocycles. The van der Waals surface area contributed by atoms with Crippen LogP contribution in [0.4, 0.5) is 0 Å². The standard InChI is InChI=1S/C8H4Cl2N2O2/c9-3-1-4(10)6-5(2-3)11-12-7(6)8(13)14/h1-2H,(H,11,12)(H,13,14). The zero-order chi connectivity index (χ0) is 10.3. The number of aromatic carboxylic acids is 1. The lowest BCUT2D eigenvalue weighted by Gasteiger charge is -1.95. The quantitative estimate of drug-likeness (QED) is 0.792. The molecule has 0 fully saturated rings. The molecule has 0 saturated carbocycles. The molecular weight excluding hydrogens is 227 g/mol. The van der Waals surface area contributed by atoms with Crippen molar-refractivity contribution in [3.8, 4) is 0 Å². The van der Waals surface area contributed by atoms with E-state index < -0.39 is 5.97 Å². The van der Waals surface area contributed by atoms with Gasteiger partial charge in [-0.05, 0) is 12.1 Å². The molecule has 6 heteroatoms. The number of carboxylic acid groups (broad SMARTS) is 1. The van der Waals surface area contributed by atoms with Crippen molar-refractivity contribution < 1.29 is 9.90 Å².